The smallest absolute Gasteiger partial charge is 0.238 e. The van der Waals surface area contributed by atoms with Crippen molar-refractivity contribution >= 4 is 24.0 Å². The molecule has 1 rings (SSSR count). The van der Waals surface area contributed by atoms with Gasteiger partial charge in [-0.25, -0.2) is 0 Å². The average molecular weight is 243 g/mol. The largest absolute Gasteiger partial charge is 0.325 e. The molecule has 1 aromatic carbocycles. The van der Waals surface area contributed by atoms with Gasteiger partial charge >= 0.3 is 0 Å². The maximum Gasteiger partial charge on any atom is 0.238 e. The van der Waals surface area contributed by atoms with Gasteiger partial charge in [-0.3, -0.25) is 4.79 Å². The van der Waals surface area contributed by atoms with E-state index in [2.05, 4.69) is 30.5 Å². The van der Waals surface area contributed by atoms with Crippen LogP contribution >= 0.6 is 12.4 Å². The Kier molecular flexibility index (Phi) is 6.77. The summed E-state index contributed by atoms with van der Waals surface area (Å²) in [7, 11) is 1.75. The highest BCUT2D eigenvalue weighted by Crippen LogP contribution is 2.18. The van der Waals surface area contributed by atoms with Crippen LogP contribution in [0.4, 0.5) is 5.69 Å². The molecular weight excluding hydrogens is 224 g/mol. The summed E-state index contributed by atoms with van der Waals surface area (Å²) in [5.41, 5.74) is 2.10. The van der Waals surface area contributed by atoms with E-state index >= 15 is 0 Å². The molecule has 90 valence electrons. The first-order valence-corrected chi connectivity index (χ1v) is 5.18. The minimum Gasteiger partial charge on any atom is -0.325 e. The van der Waals surface area contributed by atoms with Gasteiger partial charge < -0.3 is 10.6 Å². The molecule has 0 heterocycles. The molecule has 0 unspecified atom stereocenters. The maximum atomic E-state index is 11.3. The second-order valence-corrected chi connectivity index (χ2v) is 3.86. The van der Waals surface area contributed by atoms with Crippen molar-refractivity contribution in [3.8, 4) is 0 Å². The molecule has 0 aliphatic heterocycles. The monoisotopic (exact) mass is 242 g/mol. The van der Waals surface area contributed by atoms with E-state index in [1.807, 2.05) is 18.2 Å². The van der Waals surface area contributed by atoms with Gasteiger partial charge in [0.1, 0.15) is 0 Å². The van der Waals surface area contributed by atoms with Gasteiger partial charge in [0.2, 0.25) is 5.91 Å². The van der Waals surface area contributed by atoms with Crippen molar-refractivity contribution in [2.75, 3.05) is 18.9 Å². The zero-order valence-electron chi connectivity index (χ0n) is 9.91. The Morgan fingerprint density at radius 1 is 1.38 bits per heavy atom. The van der Waals surface area contributed by atoms with Crippen LogP contribution in [-0.4, -0.2) is 19.5 Å². The molecule has 0 saturated carbocycles. The number of hydrogen-bond donors (Lipinski definition) is 2. The summed E-state index contributed by atoms with van der Waals surface area (Å²) >= 11 is 0. The number of anilines is 1. The fourth-order valence-electron chi connectivity index (χ4n) is 1.34. The molecule has 0 fully saturated rings. The molecule has 0 spiro atoms. The van der Waals surface area contributed by atoms with Crippen LogP contribution < -0.4 is 10.6 Å². The van der Waals surface area contributed by atoms with Gasteiger partial charge in [-0.1, -0.05) is 26.0 Å². The third-order valence-electron chi connectivity index (χ3n) is 2.17. The Morgan fingerprint density at radius 3 is 2.62 bits per heavy atom. The van der Waals surface area contributed by atoms with Crippen LogP contribution in [0.1, 0.15) is 25.3 Å². The van der Waals surface area contributed by atoms with E-state index in [0.717, 1.165) is 5.69 Å². The highest BCUT2D eigenvalue weighted by atomic mass is 35.5. The van der Waals surface area contributed by atoms with Crippen LogP contribution in [0, 0.1) is 0 Å². The standard InChI is InChI=1S/C12H18N2O.ClH/c1-9(2)10-5-4-6-11(7-10)14-12(15)8-13-3;/h4-7,9,13H,8H2,1-3H3,(H,14,15);1H. The molecule has 0 aromatic heterocycles. The lowest BCUT2D eigenvalue weighted by atomic mass is 10.0. The molecule has 4 heteroatoms. The fourth-order valence-corrected chi connectivity index (χ4v) is 1.34. The van der Waals surface area contributed by atoms with E-state index in [0.29, 0.717) is 12.5 Å². The Morgan fingerprint density at radius 2 is 2.06 bits per heavy atom. The SMILES string of the molecule is CNCC(=O)Nc1cccc(C(C)C)c1.Cl. The Bertz CT molecular complexity index is 340. The number of halogens is 1. The number of rotatable bonds is 4. The minimum atomic E-state index is -0.0154. The van der Waals surface area contributed by atoms with Crippen molar-refractivity contribution in [3.63, 3.8) is 0 Å². The van der Waals surface area contributed by atoms with E-state index < -0.39 is 0 Å². The van der Waals surface area contributed by atoms with E-state index in [1.165, 1.54) is 5.56 Å². The molecule has 1 amide bonds. The molecule has 0 radical (unpaired) electrons. The Hall–Kier alpha value is -1.06. The Labute approximate surface area is 103 Å². The van der Waals surface area contributed by atoms with E-state index in [4.69, 9.17) is 0 Å². The second-order valence-electron chi connectivity index (χ2n) is 3.86. The molecule has 0 atom stereocenters. The maximum absolute atomic E-state index is 11.3. The van der Waals surface area contributed by atoms with Gasteiger partial charge in [0, 0.05) is 5.69 Å². The number of likely N-dealkylation sites (N-methyl/N-ethyl adjacent to an activating group) is 1. The molecule has 0 aliphatic carbocycles. The first kappa shape index (κ1) is 14.9. The van der Waals surface area contributed by atoms with E-state index in [9.17, 15) is 4.79 Å². The number of benzene rings is 1. The minimum absolute atomic E-state index is 0. The summed E-state index contributed by atoms with van der Waals surface area (Å²) in [6.45, 7) is 4.61. The predicted octanol–water partition coefficient (Wildman–Crippen LogP) is 2.39. The normalized spacial score (nSPS) is 9.75. The summed E-state index contributed by atoms with van der Waals surface area (Å²) in [4.78, 5) is 11.3. The van der Waals surface area contributed by atoms with Crippen LogP contribution in [0.25, 0.3) is 0 Å². The molecular formula is C12H19ClN2O. The van der Waals surface area contributed by atoms with Crippen LogP contribution in [0.5, 0.6) is 0 Å². The second kappa shape index (κ2) is 7.25. The number of amides is 1. The van der Waals surface area contributed by atoms with Crippen molar-refractivity contribution in [2.45, 2.75) is 19.8 Å². The van der Waals surface area contributed by atoms with Crippen LogP contribution in [0.3, 0.4) is 0 Å². The molecule has 1 aromatic rings. The van der Waals surface area contributed by atoms with Crippen molar-refractivity contribution in [1.29, 1.82) is 0 Å². The molecule has 0 bridgehead atoms. The van der Waals surface area contributed by atoms with Gasteiger partial charge in [0.25, 0.3) is 0 Å². The van der Waals surface area contributed by atoms with E-state index in [-0.39, 0.29) is 18.3 Å². The van der Waals surface area contributed by atoms with Gasteiger partial charge in [-0.2, -0.15) is 0 Å². The summed E-state index contributed by atoms with van der Waals surface area (Å²) in [6.07, 6.45) is 0. The summed E-state index contributed by atoms with van der Waals surface area (Å²) in [5, 5.41) is 5.65. The van der Waals surface area contributed by atoms with Gasteiger partial charge in [-0.05, 0) is 30.7 Å². The van der Waals surface area contributed by atoms with Gasteiger partial charge in [-0.15, -0.1) is 12.4 Å². The fraction of sp³-hybridized carbons (Fsp3) is 0.417. The number of nitrogens with one attached hydrogen (secondary N) is 2. The van der Waals surface area contributed by atoms with Crippen molar-refractivity contribution in [2.24, 2.45) is 0 Å². The lowest BCUT2D eigenvalue weighted by Gasteiger charge is -2.09. The summed E-state index contributed by atoms with van der Waals surface area (Å²) in [6, 6.07) is 7.94. The van der Waals surface area contributed by atoms with Crippen molar-refractivity contribution < 1.29 is 4.79 Å². The third kappa shape index (κ3) is 4.64. The first-order valence-electron chi connectivity index (χ1n) is 5.18. The molecule has 3 nitrogen and oxygen atoms in total. The molecule has 16 heavy (non-hydrogen) atoms. The summed E-state index contributed by atoms with van der Waals surface area (Å²) in [5.74, 6) is 0.463. The Balaban J connectivity index is 0.00000225. The zero-order valence-corrected chi connectivity index (χ0v) is 10.7. The summed E-state index contributed by atoms with van der Waals surface area (Å²) < 4.78 is 0. The quantitative estimate of drug-likeness (QED) is 0.851. The molecule has 0 saturated heterocycles. The van der Waals surface area contributed by atoms with Crippen LogP contribution in [-0.2, 0) is 4.79 Å². The average Bonchev–Trinajstić information content (AvgIpc) is 2.18. The van der Waals surface area contributed by atoms with E-state index in [1.54, 1.807) is 7.05 Å². The lowest BCUT2D eigenvalue weighted by molar-refractivity contribution is -0.115. The number of carbonyl (C=O) groups excluding carboxylic acids is 1. The number of carbonyl (C=O) groups is 1. The lowest BCUT2D eigenvalue weighted by Crippen LogP contribution is -2.25. The third-order valence-corrected chi connectivity index (χ3v) is 2.17. The van der Waals surface area contributed by atoms with Crippen molar-refractivity contribution in [1.82, 2.24) is 5.32 Å². The predicted molar refractivity (Wildman–Crippen MR) is 70.3 cm³/mol. The number of hydrogen-bond acceptors (Lipinski definition) is 2. The zero-order chi connectivity index (χ0) is 11.3. The molecule has 0 aliphatic rings. The van der Waals surface area contributed by atoms with Crippen LogP contribution in [0.15, 0.2) is 24.3 Å². The van der Waals surface area contributed by atoms with Crippen LogP contribution in [0.2, 0.25) is 0 Å². The van der Waals surface area contributed by atoms with Crippen molar-refractivity contribution in [3.05, 3.63) is 29.8 Å². The molecule has 2 N–H and O–H groups in total. The highest BCUT2D eigenvalue weighted by Gasteiger charge is 2.03. The topological polar surface area (TPSA) is 41.1 Å². The highest BCUT2D eigenvalue weighted by molar-refractivity contribution is 5.92. The van der Waals surface area contributed by atoms with Gasteiger partial charge in [0.15, 0.2) is 0 Å². The first-order chi connectivity index (χ1) is 7.13. The van der Waals surface area contributed by atoms with Gasteiger partial charge in [0.05, 0.1) is 6.54 Å².